The third kappa shape index (κ3) is 6.51. The summed E-state index contributed by atoms with van der Waals surface area (Å²) in [6.07, 6.45) is 9.78. The summed E-state index contributed by atoms with van der Waals surface area (Å²) in [4.78, 5) is 42.0. The van der Waals surface area contributed by atoms with E-state index in [0.29, 0.717) is 43.2 Å². The number of Topliss-reactive ketones (excluding diaryl/α,β-unsaturated/α-hetero) is 1. The molecule has 3 fully saturated rings. The van der Waals surface area contributed by atoms with Crippen LogP contribution in [0.15, 0.2) is 41.4 Å². The monoisotopic (exact) mass is 492 g/mol. The van der Waals surface area contributed by atoms with Crippen molar-refractivity contribution in [1.29, 1.82) is 0 Å². The first-order chi connectivity index (χ1) is 16.9. The van der Waals surface area contributed by atoms with Crippen LogP contribution in [0.5, 0.6) is 0 Å². The molecular weight excluding hydrogens is 460 g/mol. The molecule has 6 nitrogen and oxygen atoms in total. The minimum absolute atomic E-state index is 0.0495. The Kier molecular flexibility index (Phi) is 7.23. The number of carbonyl (C=O) groups is 3. The average molecular weight is 493 g/mol. The summed E-state index contributed by atoms with van der Waals surface area (Å²) in [5.74, 6) is 0.314. The maximum absolute atomic E-state index is 13.5. The molecule has 0 radical (unpaired) electrons. The van der Waals surface area contributed by atoms with Gasteiger partial charge in [0.15, 0.2) is 0 Å². The lowest BCUT2D eigenvalue weighted by Crippen LogP contribution is -2.24. The number of amides is 1. The van der Waals surface area contributed by atoms with Crippen LogP contribution in [0.25, 0.3) is 0 Å². The molecule has 0 spiro atoms. The molecule has 35 heavy (non-hydrogen) atoms. The van der Waals surface area contributed by atoms with Gasteiger partial charge in [-0.15, -0.1) is 11.8 Å². The SMILES string of the molecule is O=C(O)CCc1ccc(NC(=O)[C@H](C[C@H]2CCC(=O)C2)c2ccc(SC3CC3)c(C3CC3)c2)nc1. The Morgan fingerprint density at radius 2 is 1.94 bits per heavy atom. The van der Waals surface area contributed by atoms with Crippen LogP contribution in [0.3, 0.4) is 0 Å². The molecule has 3 saturated carbocycles. The Hall–Kier alpha value is -2.67. The zero-order chi connectivity index (χ0) is 24.4. The summed E-state index contributed by atoms with van der Waals surface area (Å²) in [6, 6.07) is 10.1. The number of carboxylic acids is 1. The van der Waals surface area contributed by atoms with Crippen molar-refractivity contribution in [2.75, 3.05) is 5.32 Å². The van der Waals surface area contributed by atoms with E-state index in [-0.39, 0.29) is 24.2 Å². The number of aryl methyl sites for hydroxylation is 1. The molecule has 0 aliphatic heterocycles. The van der Waals surface area contributed by atoms with Gasteiger partial charge in [-0.25, -0.2) is 4.98 Å². The highest BCUT2D eigenvalue weighted by molar-refractivity contribution is 8.00. The molecule has 0 unspecified atom stereocenters. The number of nitrogens with zero attached hydrogens (tertiary/aromatic N) is 1. The molecule has 1 aromatic heterocycles. The highest BCUT2D eigenvalue weighted by Crippen LogP contribution is 2.49. The van der Waals surface area contributed by atoms with E-state index in [1.54, 1.807) is 12.3 Å². The average Bonchev–Trinajstić information content (AvgIpc) is 3.77. The van der Waals surface area contributed by atoms with E-state index >= 15 is 0 Å². The maximum atomic E-state index is 13.5. The van der Waals surface area contributed by atoms with Crippen LogP contribution in [0.4, 0.5) is 5.82 Å². The second kappa shape index (κ2) is 10.5. The number of aliphatic carboxylic acids is 1. The number of carboxylic acid groups (broad SMARTS) is 1. The van der Waals surface area contributed by atoms with Gasteiger partial charge in [-0.1, -0.05) is 18.2 Å². The molecule has 5 rings (SSSR count). The van der Waals surface area contributed by atoms with Crippen molar-refractivity contribution >= 4 is 35.2 Å². The van der Waals surface area contributed by atoms with Gasteiger partial charge in [-0.3, -0.25) is 14.4 Å². The molecule has 7 heteroatoms. The summed E-state index contributed by atoms with van der Waals surface area (Å²) >= 11 is 1.98. The first-order valence-electron chi connectivity index (χ1n) is 12.7. The van der Waals surface area contributed by atoms with Crippen molar-refractivity contribution in [1.82, 2.24) is 4.98 Å². The molecule has 3 aliphatic rings. The summed E-state index contributed by atoms with van der Waals surface area (Å²) in [6.45, 7) is 0. The number of rotatable bonds is 11. The largest absolute Gasteiger partial charge is 0.481 e. The second-order valence-electron chi connectivity index (χ2n) is 10.3. The maximum Gasteiger partial charge on any atom is 0.303 e. The Bertz CT molecular complexity index is 1110. The molecule has 3 aliphatic carbocycles. The van der Waals surface area contributed by atoms with E-state index in [1.165, 1.54) is 36.1 Å². The van der Waals surface area contributed by atoms with Gasteiger partial charge in [0.1, 0.15) is 11.6 Å². The van der Waals surface area contributed by atoms with E-state index in [2.05, 4.69) is 28.5 Å². The van der Waals surface area contributed by atoms with Gasteiger partial charge in [0.2, 0.25) is 5.91 Å². The van der Waals surface area contributed by atoms with Crippen molar-refractivity contribution in [2.24, 2.45) is 5.92 Å². The van der Waals surface area contributed by atoms with Gasteiger partial charge >= 0.3 is 5.97 Å². The Balaban J connectivity index is 1.34. The molecule has 1 heterocycles. The van der Waals surface area contributed by atoms with Crippen molar-refractivity contribution in [3.63, 3.8) is 0 Å². The lowest BCUT2D eigenvalue weighted by atomic mass is 9.86. The number of ketones is 1. The topological polar surface area (TPSA) is 96.4 Å². The van der Waals surface area contributed by atoms with Gasteiger partial charge in [0.25, 0.3) is 0 Å². The minimum Gasteiger partial charge on any atom is -0.481 e. The summed E-state index contributed by atoms with van der Waals surface area (Å²) in [5.41, 5.74) is 3.24. The quantitative estimate of drug-likeness (QED) is 0.417. The number of hydrogen-bond donors (Lipinski definition) is 2. The highest BCUT2D eigenvalue weighted by Gasteiger charge is 2.33. The fraction of sp³-hybridized carbons (Fsp3) is 0.500. The smallest absolute Gasteiger partial charge is 0.303 e. The van der Waals surface area contributed by atoms with Crippen LogP contribution >= 0.6 is 11.8 Å². The highest BCUT2D eigenvalue weighted by atomic mass is 32.2. The predicted molar refractivity (Wildman–Crippen MR) is 136 cm³/mol. The standard InChI is InChI=1S/C28H32N2O4S/c31-21-7-1-18(13-21)14-24(28(34)30-26-11-2-17(16-29-26)3-12-27(32)33)20-6-10-25(35-22-8-9-22)23(15-20)19-4-5-19/h2,6,10-11,15-16,18-19,22,24H,1,3-5,7-9,12-14H2,(H,32,33)(H,29,30,34)/t18-,24+/m0/s1. The zero-order valence-electron chi connectivity index (χ0n) is 19.9. The van der Waals surface area contributed by atoms with Crippen molar-refractivity contribution in [2.45, 2.75) is 86.2 Å². The third-order valence-electron chi connectivity index (χ3n) is 7.21. The molecule has 1 aromatic carbocycles. The number of aromatic nitrogens is 1. The number of benzene rings is 1. The fourth-order valence-corrected chi connectivity index (χ4v) is 6.14. The van der Waals surface area contributed by atoms with E-state index in [9.17, 15) is 14.4 Å². The molecule has 0 bridgehead atoms. The van der Waals surface area contributed by atoms with Gasteiger partial charge in [-0.2, -0.15) is 0 Å². The minimum atomic E-state index is -0.845. The van der Waals surface area contributed by atoms with E-state index in [4.69, 9.17) is 5.11 Å². The van der Waals surface area contributed by atoms with Gasteiger partial charge in [0, 0.05) is 35.6 Å². The summed E-state index contributed by atoms with van der Waals surface area (Å²) < 4.78 is 0. The molecule has 184 valence electrons. The molecule has 1 amide bonds. The number of carbonyl (C=O) groups excluding carboxylic acids is 2. The first-order valence-corrected chi connectivity index (χ1v) is 13.6. The third-order valence-corrected chi connectivity index (χ3v) is 8.64. The second-order valence-corrected chi connectivity index (χ2v) is 11.6. The molecule has 2 aromatic rings. The van der Waals surface area contributed by atoms with Crippen molar-refractivity contribution in [3.8, 4) is 0 Å². The number of nitrogens with one attached hydrogen (secondary N) is 1. The van der Waals surface area contributed by atoms with Crippen LogP contribution in [0.2, 0.25) is 0 Å². The molecule has 0 saturated heterocycles. The van der Waals surface area contributed by atoms with Crippen LogP contribution < -0.4 is 5.32 Å². The normalized spacial score (nSPS) is 20.6. The van der Waals surface area contributed by atoms with Gasteiger partial charge in [-0.05, 0) is 85.6 Å². The molecule has 2 atom stereocenters. The lowest BCUT2D eigenvalue weighted by Gasteiger charge is -2.22. The number of thioether (sulfide) groups is 1. The predicted octanol–water partition coefficient (Wildman–Crippen LogP) is 5.71. The number of hydrogen-bond acceptors (Lipinski definition) is 5. The number of pyridine rings is 1. The summed E-state index contributed by atoms with van der Waals surface area (Å²) in [5, 5.41) is 12.6. The molecular formula is C28H32N2O4S. The van der Waals surface area contributed by atoms with Crippen LogP contribution in [-0.2, 0) is 20.8 Å². The Labute approximate surface area is 210 Å². The van der Waals surface area contributed by atoms with Crippen LogP contribution in [0.1, 0.15) is 86.3 Å². The summed E-state index contributed by atoms with van der Waals surface area (Å²) in [7, 11) is 0. The van der Waals surface area contributed by atoms with E-state index in [0.717, 1.165) is 22.8 Å². The van der Waals surface area contributed by atoms with Crippen LogP contribution in [0, 0.1) is 5.92 Å². The van der Waals surface area contributed by atoms with Gasteiger partial charge in [0.05, 0.1) is 5.92 Å². The van der Waals surface area contributed by atoms with Crippen molar-refractivity contribution < 1.29 is 19.5 Å². The lowest BCUT2D eigenvalue weighted by molar-refractivity contribution is -0.137. The van der Waals surface area contributed by atoms with Crippen molar-refractivity contribution in [3.05, 3.63) is 53.2 Å². The van der Waals surface area contributed by atoms with E-state index < -0.39 is 5.97 Å². The number of anilines is 1. The Morgan fingerprint density at radius 1 is 1.11 bits per heavy atom. The van der Waals surface area contributed by atoms with E-state index in [1.807, 2.05) is 17.8 Å². The molecule has 2 N–H and O–H groups in total. The fourth-order valence-electron chi connectivity index (χ4n) is 4.90. The van der Waals surface area contributed by atoms with Crippen LogP contribution in [-0.4, -0.2) is 33.0 Å². The van der Waals surface area contributed by atoms with Gasteiger partial charge < -0.3 is 10.4 Å². The first kappa shape index (κ1) is 24.0. The Morgan fingerprint density at radius 3 is 2.57 bits per heavy atom. The zero-order valence-corrected chi connectivity index (χ0v) is 20.7.